The molecule has 1 saturated heterocycles. The van der Waals surface area contributed by atoms with Crippen LogP contribution >= 0.6 is 0 Å². The van der Waals surface area contributed by atoms with Crippen molar-refractivity contribution < 1.29 is 9.47 Å². The summed E-state index contributed by atoms with van der Waals surface area (Å²) in [5.41, 5.74) is 2.84. The van der Waals surface area contributed by atoms with Gasteiger partial charge in [0.15, 0.2) is 5.96 Å². The Morgan fingerprint density at radius 1 is 1.10 bits per heavy atom. The van der Waals surface area contributed by atoms with Gasteiger partial charge in [0.1, 0.15) is 11.5 Å². The number of para-hydroxylation sites is 1. The maximum absolute atomic E-state index is 5.61. The lowest BCUT2D eigenvalue weighted by atomic mass is 9.95. The second-order valence-electron chi connectivity index (χ2n) is 8.09. The van der Waals surface area contributed by atoms with E-state index in [1.165, 1.54) is 24.0 Å². The lowest BCUT2D eigenvalue weighted by Crippen LogP contribution is -2.43. The molecule has 0 bridgehead atoms. The van der Waals surface area contributed by atoms with Crippen LogP contribution in [0.2, 0.25) is 0 Å². The number of hydrogen-bond acceptors (Lipinski definition) is 3. The Bertz CT molecular complexity index is 859. The summed E-state index contributed by atoms with van der Waals surface area (Å²) < 4.78 is 10.9. The Balaban J connectivity index is 1.39. The minimum atomic E-state index is 0.164. The van der Waals surface area contributed by atoms with E-state index in [9.17, 15) is 0 Å². The van der Waals surface area contributed by atoms with Gasteiger partial charge in [0.25, 0.3) is 0 Å². The molecule has 2 aromatic carbocycles. The van der Waals surface area contributed by atoms with E-state index in [1.54, 1.807) is 14.2 Å². The van der Waals surface area contributed by atoms with E-state index in [1.807, 2.05) is 13.1 Å². The Morgan fingerprint density at radius 2 is 1.86 bits per heavy atom. The van der Waals surface area contributed by atoms with Crippen LogP contribution < -0.4 is 14.8 Å². The van der Waals surface area contributed by atoms with E-state index in [0.717, 1.165) is 43.5 Å². The highest BCUT2D eigenvalue weighted by molar-refractivity contribution is 5.80. The number of nitrogens with one attached hydrogen (secondary N) is 1. The lowest BCUT2D eigenvalue weighted by Gasteiger charge is -2.25. The lowest BCUT2D eigenvalue weighted by molar-refractivity contribution is 0.402. The van der Waals surface area contributed by atoms with Crippen LogP contribution in [-0.4, -0.2) is 51.8 Å². The van der Waals surface area contributed by atoms with E-state index >= 15 is 0 Å². The van der Waals surface area contributed by atoms with Crippen molar-refractivity contribution in [2.45, 2.75) is 30.6 Å². The summed E-state index contributed by atoms with van der Waals surface area (Å²) in [5, 5.41) is 3.65. The number of hydrogen-bond donors (Lipinski definition) is 1. The summed E-state index contributed by atoms with van der Waals surface area (Å²) in [6.07, 6.45) is 3.52. The zero-order valence-electron chi connectivity index (χ0n) is 17.6. The highest BCUT2D eigenvalue weighted by Gasteiger charge is 2.46. The van der Waals surface area contributed by atoms with Crippen LogP contribution in [0, 0.1) is 0 Å². The third-order valence-electron chi connectivity index (χ3n) is 6.40. The van der Waals surface area contributed by atoms with Gasteiger partial charge in [0.05, 0.1) is 14.2 Å². The van der Waals surface area contributed by atoms with Crippen molar-refractivity contribution in [3.05, 3.63) is 59.7 Å². The Labute approximate surface area is 173 Å². The molecule has 1 heterocycles. The summed E-state index contributed by atoms with van der Waals surface area (Å²) >= 11 is 0. The second-order valence-corrected chi connectivity index (χ2v) is 8.09. The molecule has 29 heavy (non-hydrogen) atoms. The van der Waals surface area contributed by atoms with E-state index in [2.05, 4.69) is 57.7 Å². The SMILES string of the molecule is CN=C(NCC1(c2ccccc2OC)CC1)N1CCC(c2ccc(OC)cc2)C1. The highest BCUT2D eigenvalue weighted by atomic mass is 16.5. The average molecular weight is 394 g/mol. The smallest absolute Gasteiger partial charge is 0.193 e. The summed E-state index contributed by atoms with van der Waals surface area (Å²) in [6.45, 7) is 2.91. The van der Waals surface area contributed by atoms with Gasteiger partial charge in [-0.15, -0.1) is 0 Å². The molecule has 5 nitrogen and oxygen atoms in total. The van der Waals surface area contributed by atoms with Gasteiger partial charge in [-0.3, -0.25) is 4.99 Å². The van der Waals surface area contributed by atoms with E-state index in [-0.39, 0.29) is 5.41 Å². The monoisotopic (exact) mass is 393 g/mol. The summed E-state index contributed by atoms with van der Waals surface area (Å²) in [4.78, 5) is 6.96. The van der Waals surface area contributed by atoms with Crippen molar-refractivity contribution in [3.63, 3.8) is 0 Å². The van der Waals surface area contributed by atoms with E-state index < -0.39 is 0 Å². The zero-order chi connectivity index (χ0) is 20.3. The molecule has 5 heteroatoms. The first kappa shape index (κ1) is 19.6. The molecule has 1 saturated carbocycles. The molecule has 0 aromatic heterocycles. The topological polar surface area (TPSA) is 46.1 Å². The standard InChI is InChI=1S/C24H31N3O2/c1-25-23(26-17-24(13-14-24)21-6-4-5-7-22(21)29-3)27-15-12-19(16-27)18-8-10-20(28-2)11-9-18/h4-11,19H,12-17H2,1-3H3,(H,25,26). The van der Waals surface area contributed by atoms with Crippen molar-refractivity contribution >= 4 is 5.96 Å². The normalized spacial score (nSPS) is 20.4. The molecule has 0 spiro atoms. The number of ether oxygens (including phenoxy) is 2. The van der Waals surface area contributed by atoms with Crippen LogP contribution in [0.1, 0.15) is 36.3 Å². The van der Waals surface area contributed by atoms with Crippen molar-refractivity contribution in [1.29, 1.82) is 0 Å². The summed E-state index contributed by atoms with van der Waals surface area (Å²) in [5.74, 6) is 3.43. The molecule has 2 fully saturated rings. The van der Waals surface area contributed by atoms with Crippen LogP contribution in [0.3, 0.4) is 0 Å². The van der Waals surface area contributed by atoms with Gasteiger partial charge in [-0.25, -0.2) is 0 Å². The molecule has 2 aliphatic rings. The molecule has 1 atom stereocenters. The molecular weight excluding hydrogens is 362 g/mol. The van der Waals surface area contributed by atoms with Crippen molar-refractivity contribution in [3.8, 4) is 11.5 Å². The highest BCUT2D eigenvalue weighted by Crippen LogP contribution is 2.50. The molecule has 0 amide bonds. The first-order valence-corrected chi connectivity index (χ1v) is 10.4. The maximum Gasteiger partial charge on any atom is 0.193 e. The molecule has 2 aromatic rings. The third kappa shape index (κ3) is 4.04. The van der Waals surface area contributed by atoms with Gasteiger partial charge in [-0.1, -0.05) is 30.3 Å². The minimum Gasteiger partial charge on any atom is -0.497 e. The first-order valence-electron chi connectivity index (χ1n) is 10.4. The summed E-state index contributed by atoms with van der Waals surface area (Å²) in [7, 11) is 5.34. The number of methoxy groups -OCH3 is 2. The number of nitrogens with zero attached hydrogens (tertiary/aromatic N) is 2. The Hall–Kier alpha value is -2.69. The van der Waals surface area contributed by atoms with E-state index in [4.69, 9.17) is 9.47 Å². The Morgan fingerprint density at radius 3 is 2.52 bits per heavy atom. The minimum absolute atomic E-state index is 0.164. The van der Waals surface area contributed by atoms with Gasteiger partial charge < -0.3 is 19.7 Å². The van der Waals surface area contributed by atoms with E-state index in [0.29, 0.717) is 5.92 Å². The number of aliphatic imine (C=N–C) groups is 1. The molecule has 154 valence electrons. The largest absolute Gasteiger partial charge is 0.497 e. The first-order chi connectivity index (χ1) is 14.2. The van der Waals surface area contributed by atoms with Crippen molar-refractivity contribution in [1.82, 2.24) is 10.2 Å². The third-order valence-corrected chi connectivity index (χ3v) is 6.40. The number of guanidine groups is 1. The fourth-order valence-electron chi connectivity index (χ4n) is 4.46. The Kier molecular flexibility index (Phi) is 5.65. The molecule has 4 rings (SSSR count). The van der Waals surface area contributed by atoms with Gasteiger partial charge in [0, 0.05) is 43.6 Å². The van der Waals surface area contributed by atoms with Gasteiger partial charge in [-0.2, -0.15) is 0 Å². The van der Waals surface area contributed by atoms with Gasteiger partial charge in [0.2, 0.25) is 0 Å². The molecule has 1 aliphatic heterocycles. The fraction of sp³-hybridized carbons (Fsp3) is 0.458. The number of benzene rings is 2. The molecule has 1 unspecified atom stereocenters. The van der Waals surface area contributed by atoms with Crippen LogP contribution in [0.15, 0.2) is 53.5 Å². The van der Waals surface area contributed by atoms with Crippen molar-refractivity contribution in [2.24, 2.45) is 4.99 Å². The van der Waals surface area contributed by atoms with Crippen LogP contribution in [-0.2, 0) is 5.41 Å². The van der Waals surface area contributed by atoms with Crippen LogP contribution in [0.4, 0.5) is 0 Å². The van der Waals surface area contributed by atoms with Crippen molar-refractivity contribution in [2.75, 3.05) is 40.9 Å². The molecule has 0 radical (unpaired) electrons. The molecule has 1 N–H and O–H groups in total. The molecule has 1 aliphatic carbocycles. The summed E-state index contributed by atoms with van der Waals surface area (Å²) in [6, 6.07) is 16.9. The molecular formula is C24H31N3O2. The van der Waals surface area contributed by atoms with Crippen LogP contribution in [0.5, 0.6) is 11.5 Å². The number of likely N-dealkylation sites (tertiary alicyclic amines) is 1. The predicted octanol–water partition coefficient (Wildman–Crippen LogP) is 3.80. The van der Waals surface area contributed by atoms with Gasteiger partial charge >= 0.3 is 0 Å². The number of rotatable bonds is 6. The second kappa shape index (κ2) is 8.36. The maximum atomic E-state index is 5.61. The zero-order valence-corrected chi connectivity index (χ0v) is 17.6. The average Bonchev–Trinajstić information content (AvgIpc) is 3.41. The fourth-order valence-corrected chi connectivity index (χ4v) is 4.46. The van der Waals surface area contributed by atoms with Gasteiger partial charge in [-0.05, 0) is 43.0 Å². The quantitative estimate of drug-likeness (QED) is 0.599. The van der Waals surface area contributed by atoms with Crippen LogP contribution in [0.25, 0.3) is 0 Å². The predicted molar refractivity (Wildman–Crippen MR) is 117 cm³/mol.